The van der Waals surface area contributed by atoms with Gasteiger partial charge < -0.3 is 9.88 Å². The number of H-pyrrole nitrogens is 1. The molecule has 1 aliphatic heterocycles. The second-order valence-electron chi connectivity index (χ2n) is 7.49. The minimum atomic E-state index is -3.39. The molecular formula is C20H25N5O2S. The van der Waals surface area contributed by atoms with E-state index < -0.39 is 10.0 Å². The van der Waals surface area contributed by atoms with Crippen molar-refractivity contribution >= 4 is 26.7 Å². The first-order valence-corrected chi connectivity index (χ1v) is 11.1. The van der Waals surface area contributed by atoms with Crippen LogP contribution in [0.15, 0.2) is 49.1 Å². The van der Waals surface area contributed by atoms with Crippen molar-refractivity contribution in [3.8, 4) is 0 Å². The molecule has 1 fully saturated rings. The lowest BCUT2D eigenvalue weighted by atomic mass is 9.93. The number of aromatic nitrogens is 3. The van der Waals surface area contributed by atoms with Gasteiger partial charge in [0.1, 0.15) is 5.65 Å². The number of rotatable bonds is 5. The number of anilines is 1. The average molecular weight is 400 g/mol. The van der Waals surface area contributed by atoms with Gasteiger partial charge in [0.25, 0.3) is 0 Å². The molecule has 1 N–H and O–H groups in total. The van der Waals surface area contributed by atoms with Crippen LogP contribution in [0.1, 0.15) is 18.9 Å². The van der Waals surface area contributed by atoms with Crippen molar-refractivity contribution in [1.29, 1.82) is 0 Å². The summed E-state index contributed by atoms with van der Waals surface area (Å²) in [5.74, 6) is 0.375. The summed E-state index contributed by atoms with van der Waals surface area (Å²) >= 11 is 0. The highest BCUT2D eigenvalue weighted by atomic mass is 32.2. The van der Waals surface area contributed by atoms with E-state index in [0.717, 1.165) is 23.1 Å². The molecule has 0 saturated carbocycles. The largest absolute Gasteiger partial charge is 0.369 e. The molecular weight excluding hydrogens is 374 g/mol. The molecule has 2 atom stereocenters. The monoisotopic (exact) mass is 399 g/mol. The molecule has 4 rings (SSSR count). The first-order valence-electron chi connectivity index (χ1n) is 9.47. The van der Waals surface area contributed by atoms with Gasteiger partial charge in [-0.1, -0.05) is 13.0 Å². The lowest BCUT2D eigenvalue weighted by Crippen LogP contribution is -2.52. The van der Waals surface area contributed by atoms with E-state index in [0.29, 0.717) is 24.6 Å². The van der Waals surface area contributed by atoms with Gasteiger partial charge in [0, 0.05) is 62.0 Å². The maximum atomic E-state index is 13.0. The smallest absolute Gasteiger partial charge is 0.218 e. The Hall–Kier alpha value is -2.45. The summed E-state index contributed by atoms with van der Waals surface area (Å²) in [6.45, 7) is 3.24. The number of fused-ring (bicyclic) bond motifs is 1. The fourth-order valence-electron chi connectivity index (χ4n) is 3.99. The highest BCUT2D eigenvalue weighted by Gasteiger charge is 2.35. The molecule has 0 amide bonds. The second-order valence-corrected chi connectivity index (χ2v) is 9.46. The van der Waals surface area contributed by atoms with Crippen LogP contribution in [0.2, 0.25) is 0 Å². The van der Waals surface area contributed by atoms with Crippen LogP contribution >= 0.6 is 0 Å². The number of nitrogens with one attached hydrogen (secondary N) is 1. The van der Waals surface area contributed by atoms with E-state index in [1.54, 1.807) is 35.0 Å². The molecule has 0 aromatic carbocycles. The number of aromatic amines is 1. The molecule has 3 aromatic heterocycles. The van der Waals surface area contributed by atoms with E-state index in [1.165, 1.54) is 0 Å². The third kappa shape index (κ3) is 3.62. The minimum Gasteiger partial charge on any atom is -0.369 e. The zero-order valence-corrected chi connectivity index (χ0v) is 16.9. The number of hydrogen-bond donors (Lipinski definition) is 1. The van der Waals surface area contributed by atoms with E-state index in [-0.39, 0.29) is 11.8 Å². The number of nitrogens with zero attached hydrogens (tertiary/aromatic N) is 4. The predicted molar refractivity (Wildman–Crippen MR) is 110 cm³/mol. The Morgan fingerprint density at radius 3 is 2.93 bits per heavy atom. The quantitative estimate of drug-likeness (QED) is 0.713. The Morgan fingerprint density at radius 1 is 1.29 bits per heavy atom. The summed E-state index contributed by atoms with van der Waals surface area (Å²) in [6.07, 6.45) is 7.77. The third-order valence-electron chi connectivity index (χ3n) is 5.66. The number of hydrogen-bond acceptors (Lipinski definition) is 5. The van der Waals surface area contributed by atoms with Crippen molar-refractivity contribution in [2.24, 2.45) is 5.92 Å². The molecule has 0 spiro atoms. The molecule has 1 aliphatic rings. The number of likely N-dealkylation sites (N-methyl/N-ethyl adjacent to an activating group) is 1. The Morgan fingerprint density at radius 2 is 2.14 bits per heavy atom. The fraction of sp³-hybridized carbons (Fsp3) is 0.400. The fourth-order valence-corrected chi connectivity index (χ4v) is 5.53. The van der Waals surface area contributed by atoms with Crippen LogP contribution in [0.5, 0.6) is 0 Å². The van der Waals surface area contributed by atoms with Crippen LogP contribution in [-0.4, -0.2) is 53.9 Å². The third-order valence-corrected chi connectivity index (χ3v) is 7.48. The summed E-state index contributed by atoms with van der Waals surface area (Å²) in [4.78, 5) is 13.7. The molecule has 3 aromatic rings. The second kappa shape index (κ2) is 7.52. The van der Waals surface area contributed by atoms with Gasteiger partial charge in [0.15, 0.2) is 0 Å². The Labute approximate surface area is 165 Å². The zero-order valence-electron chi connectivity index (χ0n) is 16.1. The molecule has 0 radical (unpaired) electrons. The number of pyridine rings is 2. The molecule has 2 unspecified atom stereocenters. The van der Waals surface area contributed by atoms with Crippen molar-refractivity contribution in [1.82, 2.24) is 19.3 Å². The predicted octanol–water partition coefficient (Wildman–Crippen LogP) is 2.63. The lowest BCUT2D eigenvalue weighted by molar-refractivity contribution is 0.247. The SMILES string of the molecule is CC1CCN(S(=O)(=O)Cc2cccnc2)CC1N(C)c1ccnc2[nH]ccc12. The van der Waals surface area contributed by atoms with Crippen LogP contribution in [0, 0.1) is 5.92 Å². The van der Waals surface area contributed by atoms with Gasteiger partial charge in [-0.05, 0) is 36.1 Å². The summed E-state index contributed by atoms with van der Waals surface area (Å²) < 4.78 is 27.6. The zero-order chi connectivity index (χ0) is 19.7. The number of sulfonamides is 1. The van der Waals surface area contributed by atoms with Gasteiger partial charge in [-0.3, -0.25) is 4.98 Å². The van der Waals surface area contributed by atoms with Crippen LogP contribution in [0.3, 0.4) is 0 Å². The standard InChI is InChI=1S/C20H25N5O2S/c1-15-7-11-25(28(26,27)14-16-4-3-8-21-12-16)13-19(15)24(2)18-6-10-23-20-17(18)5-9-22-20/h3-6,8-10,12,15,19H,7,11,13-14H2,1-2H3,(H,22,23). The van der Waals surface area contributed by atoms with Crippen LogP contribution in [0.25, 0.3) is 11.0 Å². The highest BCUT2D eigenvalue weighted by Crippen LogP contribution is 2.31. The summed E-state index contributed by atoms with van der Waals surface area (Å²) in [5, 5.41) is 1.05. The lowest BCUT2D eigenvalue weighted by Gasteiger charge is -2.42. The topological polar surface area (TPSA) is 82.2 Å². The molecule has 7 nitrogen and oxygen atoms in total. The maximum absolute atomic E-state index is 13.0. The average Bonchev–Trinajstić information content (AvgIpc) is 3.17. The molecule has 0 bridgehead atoms. The van der Waals surface area contributed by atoms with E-state index in [4.69, 9.17) is 0 Å². The van der Waals surface area contributed by atoms with Crippen molar-refractivity contribution in [3.05, 3.63) is 54.6 Å². The van der Waals surface area contributed by atoms with Crippen LogP contribution in [0.4, 0.5) is 5.69 Å². The van der Waals surface area contributed by atoms with Crippen molar-refractivity contribution in [2.45, 2.75) is 25.1 Å². The molecule has 148 valence electrons. The minimum absolute atomic E-state index is 0.0109. The van der Waals surface area contributed by atoms with E-state index in [1.807, 2.05) is 25.4 Å². The highest BCUT2D eigenvalue weighted by molar-refractivity contribution is 7.88. The van der Waals surface area contributed by atoms with E-state index in [2.05, 4.69) is 26.8 Å². The Balaban J connectivity index is 1.57. The summed E-state index contributed by atoms with van der Waals surface area (Å²) in [7, 11) is -1.35. The summed E-state index contributed by atoms with van der Waals surface area (Å²) in [5.41, 5.74) is 2.62. The molecule has 4 heterocycles. The van der Waals surface area contributed by atoms with Gasteiger partial charge in [0.05, 0.1) is 5.75 Å². The Bertz CT molecular complexity index is 1050. The summed E-state index contributed by atoms with van der Waals surface area (Å²) in [6, 6.07) is 7.67. The van der Waals surface area contributed by atoms with Gasteiger partial charge in [-0.15, -0.1) is 0 Å². The number of piperidine rings is 1. The maximum Gasteiger partial charge on any atom is 0.218 e. The first kappa shape index (κ1) is 18.9. The van der Waals surface area contributed by atoms with Gasteiger partial charge >= 0.3 is 0 Å². The van der Waals surface area contributed by atoms with Gasteiger partial charge in [-0.25, -0.2) is 13.4 Å². The van der Waals surface area contributed by atoms with Crippen molar-refractivity contribution in [3.63, 3.8) is 0 Å². The van der Waals surface area contributed by atoms with E-state index >= 15 is 0 Å². The van der Waals surface area contributed by atoms with Crippen LogP contribution < -0.4 is 4.90 Å². The van der Waals surface area contributed by atoms with Crippen molar-refractivity contribution < 1.29 is 8.42 Å². The molecule has 8 heteroatoms. The Kier molecular flexibility index (Phi) is 5.07. The van der Waals surface area contributed by atoms with Gasteiger partial charge in [-0.2, -0.15) is 4.31 Å². The molecule has 0 aliphatic carbocycles. The molecule has 1 saturated heterocycles. The molecule has 28 heavy (non-hydrogen) atoms. The van der Waals surface area contributed by atoms with Gasteiger partial charge in [0.2, 0.25) is 10.0 Å². The normalized spacial score (nSPS) is 21.1. The van der Waals surface area contributed by atoms with E-state index in [9.17, 15) is 8.42 Å². The van der Waals surface area contributed by atoms with Crippen molar-refractivity contribution in [2.75, 3.05) is 25.0 Å². The van der Waals surface area contributed by atoms with Crippen LogP contribution in [-0.2, 0) is 15.8 Å². The first-order chi connectivity index (χ1) is 13.5.